The van der Waals surface area contributed by atoms with Gasteiger partial charge >= 0.3 is 0 Å². The SMILES string of the molecule is Cc1ccc(-c2cnc(N3CCC(O)CC3)nc2)o1. The van der Waals surface area contributed by atoms with E-state index in [-0.39, 0.29) is 6.10 Å². The molecule has 0 amide bonds. The van der Waals surface area contributed by atoms with Crippen LogP contribution >= 0.6 is 0 Å². The van der Waals surface area contributed by atoms with Crippen molar-refractivity contribution in [3.8, 4) is 11.3 Å². The summed E-state index contributed by atoms with van der Waals surface area (Å²) < 4.78 is 5.54. The van der Waals surface area contributed by atoms with E-state index in [9.17, 15) is 5.11 Å². The normalized spacial score (nSPS) is 16.8. The molecule has 0 radical (unpaired) electrons. The summed E-state index contributed by atoms with van der Waals surface area (Å²) in [5.74, 6) is 2.39. The second-order valence-corrected chi connectivity index (χ2v) is 4.90. The summed E-state index contributed by atoms with van der Waals surface area (Å²) in [6.45, 7) is 3.53. The van der Waals surface area contributed by atoms with Gasteiger partial charge in [-0.25, -0.2) is 9.97 Å². The second kappa shape index (κ2) is 5.01. The molecule has 0 aliphatic carbocycles. The molecule has 5 heteroatoms. The summed E-state index contributed by atoms with van der Waals surface area (Å²) in [5, 5.41) is 9.49. The second-order valence-electron chi connectivity index (χ2n) is 4.90. The Balaban J connectivity index is 1.75. The van der Waals surface area contributed by atoms with E-state index >= 15 is 0 Å². The van der Waals surface area contributed by atoms with Crippen LogP contribution in [0.3, 0.4) is 0 Å². The maximum atomic E-state index is 9.49. The first-order chi connectivity index (χ1) is 9.22. The molecule has 1 aliphatic heterocycles. The Kier molecular flexibility index (Phi) is 3.21. The molecule has 5 nitrogen and oxygen atoms in total. The molecule has 3 rings (SSSR count). The predicted molar refractivity (Wildman–Crippen MR) is 71.9 cm³/mol. The van der Waals surface area contributed by atoms with Crippen molar-refractivity contribution in [1.82, 2.24) is 9.97 Å². The van der Waals surface area contributed by atoms with E-state index in [0.717, 1.165) is 49.0 Å². The summed E-state index contributed by atoms with van der Waals surface area (Å²) in [6, 6.07) is 3.85. The van der Waals surface area contributed by atoms with Crippen LogP contribution in [0.25, 0.3) is 11.3 Å². The van der Waals surface area contributed by atoms with Crippen LogP contribution < -0.4 is 4.90 Å². The molecule has 1 N–H and O–H groups in total. The van der Waals surface area contributed by atoms with E-state index in [4.69, 9.17) is 4.42 Å². The number of rotatable bonds is 2. The highest BCUT2D eigenvalue weighted by molar-refractivity contribution is 5.55. The fraction of sp³-hybridized carbons (Fsp3) is 0.429. The molecule has 0 bridgehead atoms. The summed E-state index contributed by atoms with van der Waals surface area (Å²) in [7, 11) is 0. The van der Waals surface area contributed by atoms with Crippen molar-refractivity contribution in [3.05, 3.63) is 30.3 Å². The first-order valence-electron chi connectivity index (χ1n) is 6.54. The van der Waals surface area contributed by atoms with Gasteiger partial charge in [0.05, 0.1) is 11.7 Å². The van der Waals surface area contributed by atoms with Gasteiger partial charge in [0.25, 0.3) is 0 Å². The Labute approximate surface area is 111 Å². The number of hydrogen-bond acceptors (Lipinski definition) is 5. The molecule has 100 valence electrons. The molecule has 0 aromatic carbocycles. The number of anilines is 1. The van der Waals surface area contributed by atoms with E-state index in [2.05, 4.69) is 14.9 Å². The molecule has 1 saturated heterocycles. The van der Waals surface area contributed by atoms with Crippen molar-refractivity contribution in [2.24, 2.45) is 0 Å². The zero-order valence-electron chi connectivity index (χ0n) is 10.9. The first-order valence-corrected chi connectivity index (χ1v) is 6.54. The van der Waals surface area contributed by atoms with Crippen LogP contribution in [0.1, 0.15) is 18.6 Å². The van der Waals surface area contributed by atoms with Gasteiger partial charge in [0.15, 0.2) is 0 Å². The molecule has 0 saturated carbocycles. The first kappa shape index (κ1) is 12.2. The van der Waals surface area contributed by atoms with Crippen LogP contribution in [0.2, 0.25) is 0 Å². The third-order valence-electron chi connectivity index (χ3n) is 3.41. The van der Waals surface area contributed by atoms with Gasteiger partial charge < -0.3 is 14.4 Å². The molecule has 1 fully saturated rings. The number of piperidine rings is 1. The Morgan fingerprint density at radius 3 is 2.47 bits per heavy atom. The summed E-state index contributed by atoms with van der Waals surface area (Å²) in [5.41, 5.74) is 0.883. The van der Waals surface area contributed by atoms with E-state index in [1.165, 1.54) is 0 Å². The number of hydrogen-bond donors (Lipinski definition) is 1. The average Bonchev–Trinajstić information content (AvgIpc) is 2.87. The number of nitrogens with zero attached hydrogens (tertiary/aromatic N) is 3. The third-order valence-corrected chi connectivity index (χ3v) is 3.41. The van der Waals surface area contributed by atoms with Gasteiger partial charge in [-0.1, -0.05) is 0 Å². The van der Waals surface area contributed by atoms with Crippen LogP contribution in [-0.2, 0) is 0 Å². The number of aliphatic hydroxyl groups excluding tert-OH is 1. The van der Waals surface area contributed by atoms with Gasteiger partial charge in [0, 0.05) is 25.5 Å². The lowest BCUT2D eigenvalue weighted by molar-refractivity contribution is 0.145. The number of furan rings is 1. The van der Waals surface area contributed by atoms with E-state index < -0.39 is 0 Å². The number of aromatic nitrogens is 2. The average molecular weight is 259 g/mol. The molecule has 19 heavy (non-hydrogen) atoms. The highest BCUT2D eigenvalue weighted by atomic mass is 16.3. The molecule has 2 aromatic heterocycles. The van der Waals surface area contributed by atoms with E-state index in [1.807, 2.05) is 19.1 Å². The monoisotopic (exact) mass is 259 g/mol. The molecule has 0 spiro atoms. The fourth-order valence-corrected chi connectivity index (χ4v) is 2.27. The van der Waals surface area contributed by atoms with Crippen molar-refractivity contribution in [2.75, 3.05) is 18.0 Å². The van der Waals surface area contributed by atoms with Gasteiger partial charge in [0.2, 0.25) is 5.95 Å². The van der Waals surface area contributed by atoms with Crippen LogP contribution in [-0.4, -0.2) is 34.3 Å². The van der Waals surface area contributed by atoms with Crippen LogP contribution in [0.4, 0.5) is 5.95 Å². The summed E-state index contributed by atoms with van der Waals surface area (Å²) in [6.07, 6.45) is 4.95. The zero-order valence-corrected chi connectivity index (χ0v) is 10.9. The maximum absolute atomic E-state index is 9.49. The summed E-state index contributed by atoms with van der Waals surface area (Å²) in [4.78, 5) is 10.9. The molecule has 2 aromatic rings. The highest BCUT2D eigenvalue weighted by Gasteiger charge is 2.19. The molecule has 3 heterocycles. The van der Waals surface area contributed by atoms with Crippen LogP contribution in [0.15, 0.2) is 28.9 Å². The molecule has 0 atom stereocenters. The minimum absolute atomic E-state index is 0.179. The standard InChI is InChI=1S/C14H17N3O2/c1-10-2-3-13(19-10)11-8-15-14(16-9-11)17-6-4-12(18)5-7-17/h2-3,8-9,12,18H,4-7H2,1H3. The van der Waals surface area contributed by atoms with Gasteiger partial charge in [-0.3, -0.25) is 0 Å². The van der Waals surface area contributed by atoms with Crippen molar-refractivity contribution in [3.63, 3.8) is 0 Å². The highest BCUT2D eigenvalue weighted by Crippen LogP contribution is 2.22. The van der Waals surface area contributed by atoms with Crippen LogP contribution in [0.5, 0.6) is 0 Å². The minimum Gasteiger partial charge on any atom is -0.461 e. The van der Waals surface area contributed by atoms with Crippen molar-refractivity contribution >= 4 is 5.95 Å². The lowest BCUT2D eigenvalue weighted by Gasteiger charge is -2.29. The number of aliphatic hydroxyl groups is 1. The number of aryl methyl sites for hydroxylation is 1. The fourth-order valence-electron chi connectivity index (χ4n) is 2.27. The Hall–Kier alpha value is -1.88. The smallest absolute Gasteiger partial charge is 0.225 e. The lowest BCUT2D eigenvalue weighted by Crippen LogP contribution is -2.36. The van der Waals surface area contributed by atoms with Gasteiger partial charge in [0.1, 0.15) is 11.5 Å². The minimum atomic E-state index is -0.179. The van der Waals surface area contributed by atoms with Gasteiger partial charge in [-0.15, -0.1) is 0 Å². The zero-order chi connectivity index (χ0) is 13.2. The lowest BCUT2D eigenvalue weighted by atomic mass is 10.1. The van der Waals surface area contributed by atoms with Crippen molar-refractivity contribution < 1.29 is 9.52 Å². The Morgan fingerprint density at radius 1 is 1.21 bits per heavy atom. The van der Waals surface area contributed by atoms with Gasteiger partial charge in [-0.2, -0.15) is 0 Å². The van der Waals surface area contributed by atoms with Crippen LogP contribution in [0, 0.1) is 6.92 Å². The quantitative estimate of drug-likeness (QED) is 0.893. The molecule has 1 aliphatic rings. The topological polar surface area (TPSA) is 62.4 Å². The largest absolute Gasteiger partial charge is 0.461 e. The Bertz CT molecular complexity index is 542. The third kappa shape index (κ3) is 2.61. The molecule has 0 unspecified atom stereocenters. The van der Waals surface area contributed by atoms with Crippen molar-refractivity contribution in [2.45, 2.75) is 25.9 Å². The van der Waals surface area contributed by atoms with Gasteiger partial charge in [-0.05, 0) is 31.9 Å². The van der Waals surface area contributed by atoms with E-state index in [0.29, 0.717) is 0 Å². The maximum Gasteiger partial charge on any atom is 0.225 e. The molecular weight excluding hydrogens is 242 g/mol. The van der Waals surface area contributed by atoms with Crippen molar-refractivity contribution in [1.29, 1.82) is 0 Å². The molecular formula is C14H17N3O2. The predicted octanol–water partition coefficient (Wildman–Crippen LogP) is 2.01. The summed E-state index contributed by atoms with van der Waals surface area (Å²) >= 11 is 0. The van der Waals surface area contributed by atoms with E-state index in [1.54, 1.807) is 12.4 Å². The Morgan fingerprint density at radius 2 is 1.89 bits per heavy atom.